The lowest BCUT2D eigenvalue weighted by atomic mass is 9.44. The largest absolute Gasteiger partial charge is 0.389 e. The highest BCUT2D eigenvalue weighted by Gasteiger charge is 2.61. The monoisotopic (exact) mass is 378 g/mol. The van der Waals surface area contributed by atoms with Gasteiger partial charge in [-0.15, -0.1) is 0 Å². The minimum Gasteiger partial charge on any atom is -0.389 e. The molecule has 0 aromatic rings. The Labute approximate surface area is 164 Å². The Morgan fingerprint density at radius 3 is 2.42 bits per heavy atom. The molecule has 1 N–H and O–H groups in total. The molecule has 0 heterocycles. The number of aliphatic hydroxyl groups is 1. The van der Waals surface area contributed by atoms with Crippen LogP contribution in [0.1, 0.15) is 78.6 Å². The van der Waals surface area contributed by atoms with Gasteiger partial charge in [0, 0.05) is 11.7 Å². The first-order chi connectivity index (χ1) is 12.2. The van der Waals surface area contributed by atoms with E-state index in [9.17, 15) is 9.90 Å². The summed E-state index contributed by atoms with van der Waals surface area (Å²) < 4.78 is 0. The molecule has 26 heavy (non-hydrogen) atoms. The Balaban J connectivity index is 1.56. The van der Waals surface area contributed by atoms with Gasteiger partial charge in [0.15, 0.2) is 0 Å². The standard InChI is InChI=1S/C23H38O2S/c1-15(24)18-7-8-19-17-6-5-16-13-23(25,14-26-4)12-11-21(16,2)20(17)9-10-22(18,19)3/h16-20,25H,5-14H2,1-4H3/t16-,17?,18+,19?,20?,21-,22+,23+/m0/s1. The van der Waals surface area contributed by atoms with Crippen LogP contribution in [0.4, 0.5) is 0 Å². The van der Waals surface area contributed by atoms with Gasteiger partial charge in [-0.1, -0.05) is 13.8 Å². The van der Waals surface area contributed by atoms with Gasteiger partial charge in [-0.05, 0) is 105 Å². The molecule has 0 amide bonds. The summed E-state index contributed by atoms with van der Waals surface area (Å²) >= 11 is 1.80. The lowest BCUT2D eigenvalue weighted by Crippen LogP contribution is -2.56. The summed E-state index contributed by atoms with van der Waals surface area (Å²) in [6, 6.07) is 0. The van der Waals surface area contributed by atoms with E-state index in [1.807, 2.05) is 6.92 Å². The molecule has 4 aliphatic carbocycles. The Bertz CT molecular complexity index is 577. The molecular formula is C23H38O2S. The molecule has 0 radical (unpaired) electrons. The maximum absolute atomic E-state index is 12.3. The van der Waals surface area contributed by atoms with Gasteiger partial charge in [0.1, 0.15) is 5.78 Å². The lowest BCUT2D eigenvalue weighted by molar-refractivity contribution is -0.149. The highest BCUT2D eigenvalue weighted by atomic mass is 32.2. The van der Waals surface area contributed by atoms with Crippen LogP contribution in [0.2, 0.25) is 0 Å². The Hall–Kier alpha value is -0.0200. The smallest absolute Gasteiger partial charge is 0.133 e. The third-order valence-electron chi connectivity index (χ3n) is 9.72. The van der Waals surface area contributed by atoms with Crippen LogP contribution in [0.15, 0.2) is 0 Å². The molecule has 4 rings (SSSR count). The van der Waals surface area contributed by atoms with Crippen LogP contribution in [-0.4, -0.2) is 28.5 Å². The van der Waals surface area contributed by atoms with Crippen LogP contribution in [-0.2, 0) is 4.79 Å². The number of thioether (sulfide) groups is 1. The van der Waals surface area contributed by atoms with E-state index in [-0.39, 0.29) is 5.41 Å². The van der Waals surface area contributed by atoms with E-state index in [2.05, 4.69) is 20.1 Å². The van der Waals surface area contributed by atoms with Gasteiger partial charge in [0.05, 0.1) is 5.60 Å². The van der Waals surface area contributed by atoms with Crippen molar-refractivity contribution in [2.24, 2.45) is 40.4 Å². The van der Waals surface area contributed by atoms with Crippen LogP contribution < -0.4 is 0 Å². The number of carbonyl (C=O) groups excluding carboxylic acids is 1. The summed E-state index contributed by atoms with van der Waals surface area (Å²) in [5.41, 5.74) is 0.264. The van der Waals surface area contributed by atoms with E-state index in [0.29, 0.717) is 23.0 Å². The maximum atomic E-state index is 12.3. The van der Waals surface area contributed by atoms with Crippen LogP contribution in [0, 0.1) is 40.4 Å². The van der Waals surface area contributed by atoms with Crippen molar-refractivity contribution >= 4 is 17.5 Å². The molecule has 0 saturated heterocycles. The van der Waals surface area contributed by atoms with Crippen LogP contribution in [0.3, 0.4) is 0 Å². The van der Waals surface area contributed by atoms with Crippen molar-refractivity contribution in [1.82, 2.24) is 0 Å². The van der Waals surface area contributed by atoms with Gasteiger partial charge in [-0.3, -0.25) is 4.79 Å². The van der Waals surface area contributed by atoms with Gasteiger partial charge in [0.2, 0.25) is 0 Å². The first kappa shape index (κ1) is 19.3. The molecule has 0 spiro atoms. The van der Waals surface area contributed by atoms with E-state index in [1.54, 1.807) is 11.8 Å². The molecule has 0 aliphatic heterocycles. The van der Waals surface area contributed by atoms with Gasteiger partial charge in [0.25, 0.3) is 0 Å². The van der Waals surface area contributed by atoms with E-state index in [4.69, 9.17) is 0 Å². The summed E-state index contributed by atoms with van der Waals surface area (Å²) in [4.78, 5) is 12.3. The number of hydrogen-bond donors (Lipinski definition) is 1. The Morgan fingerprint density at radius 1 is 1.00 bits per heavy atom. The van der Waals surface area contributed by atoms with Crippen molar-refractivity contribution in [1.29, 1.82) is 0 Å². The minimum absolute atomic E-state index is 0.268. The highest BCUT2D eigenvalue weighted by Crippen LogP contribution is 2.68. The first-order valence-corrected chi connectivity index (χ1v) is 12.3. The summed E-state index contributed by atoms with van der Waals surface area (Å²) in [7, 11) is 0. The summed E-state index contributed by atoms with van der Waals surface area (Å²) in [5, 5.41) is 11.0. The van der Waals surface area contributed by atoms with Gasteiger partial charge in [-0.2, -0.15) is 11.8 Å². The molecule has 148 valence electrons. The average Bonchev–Trinajstić information content (AvgIpc) is 2.93. The van der Waals surface area contributed by atoms with Gasteiger partial charge in [-0.25, -0.2) is 0 Å². The lowest BCUT2D eigenvalue weighted by Gasteiger charge is -2.62. The fourth-order valence-electron chi connectivity index (χ4n) is 8.39. The van der Waals surface area contributed by atoms with E-state index < -0.39 is 5.60 Å². The zero-order chi connectivity index (χ0) is 18.7. The molecule has 8 atom stereocenters. The SMILES string of the molecule is CSC[C@@]1(O)CC[C@]2(C)C3CC[C@@]4(C)C(CC[C@@H]4C(C)=O)C3CC[C@H]2C1. The molecule has 0 aromatic heterocycles. The summed E-state index contributed by atoms with van der Waals surface area (Å²) in [5.74, 6) is 4.76. The third kappa shape index (κ3) is 2.74. The van der Waals surface area contributed by atoms with Crippen LogP contribution in [0.25, 0.3) is 0 Å². The summed E-state index contributed by atoms with van der Waals surface area (Å²) in [6.07, 6.45) is 12.9. The first-order valence-electron chi connectivity index (χ1n) is 11.0. The van der Waals surface area contributed by atoms with Crippen LogP contribution >= 0.6 is 11.8 Å². The number of carbonyl (C=O) groups is 1. The van der Waals surface area contributed by atoms with E-state index >= 15 is 0 Å². The molecular weight excluding hydrogens is 340 g/mol. The number of Topliss-reactive ketones (excluding diaryl/α,β-unsaturated/α-hetero) is 1. The second-order valence-corrected chi connectivity index (χ2v) is 11.7. The molecule has 4 aliphatic rings. The Morgan fingerprint density at radius 2 is 1.73 bits per heavy atom. The fourth-order valence-corrected chi connectivity index (χ4v) is 9.19. The van der Waals surface area contributed by atoms with Gasteiger partial charge < -0.3 is 5.11 Å². The van der Waals surface area contributed by atoms with E-state index in [0.717, 1.165) is 42.8 Å². The summed E-state index contributed by atoms with van der Waals surface area (Å²) in [6.45, 7) is 6.84. The number of ketones is 1. The molecule has 3 unspecified atom stereocenters. The highest BCUT2D eigenvalue weighted by molar-refractivity contribution is 7.98. The van der Waals surface area contributed by atoms with E-state index in [1.165, 1.54) is 38.5 Å². The average molecular weight is 379 g/mol. The normalized spacial score (nSPS) is 53.5. The van der Waals surface area contributed by atoms with Crippen molar-refractivity contribution in [2.45, 2.75) is 84.2 Å². The molecule has 0 aromatic carbocycles. The quantitative estimate of drug-likeness (QED) is 0.721. The van der Waals surface area contributed by atoms with Gasteiger partial charge >= 0.3 is 0 Å². The van der Waals surface area contributed by atoms with Crippen molar-refractivity contribution in [3.05, 3.63) is 0 Å². The van der Waals surface area contributed by atoms with Crippen molar-refractivity contribution < 1.29 is 9.90 Å². The molecule has 4 saturated carbocycles. The fraction of sp³-hybridized carbons (Fsp3) is 0.957. The molecule has 0 bridgehead atoms. The second-order valence-electron chi connectivity index (χ2n) is 10.8. The Kier molecular flexibility index (Phi) is 4.83. The zero-order valence-electron chi connectivity index (χ0n) is 17.2. The number of hydrogen-bond acceptors (Lipinski definition) is 3. The maximum Gasteiger partial charge on any atom is 0.133 e. The number of fused-ring (bicyclic) bond motifs is 5. The van der Waals surface area contributed by atoms with Crippen LogP contribution in [0.5, 0.6) is 0 Å². The third-order valence-corrected chi connectivity index (χ3v) is 10.6. The topological polar surface area (TPSA) is 37.3 Å². The zero-order valence-corrected chi connectivity index (χ0v) is 18.0. The predicted molar refractivity (Wildman–Crippen MR) is 109 cm³/mol. The molecule has 2 nitrogen and oxygen atoms in total. The van der Waals surface area contributed by atoms with Crippen molar-refractivity contribution in [3.8, 4) is 0 Å². The molecule has 3 heteroatoms. The second kappa shape index (κ2) is 6.51. The minimum atomic E-state index is -0.424. The predicted octanol–water partition coefficient (Wildman–Crippen LogP) is 5.33. The van der Waals surface area contributed by atoms with Crippen molar-refractivity contribution in [2.75, 3.05) is 12.0 Å². The number of rotatable bonds is 3. The van der Waals surface area contributed by atoms with Crippen molar-refractivity contribution in [3.63, 3.8) is 0 Å². The molecule has 4 fully saturated rings.